The topological polar surface area (TPSA) is 54.8 Å². The molecule has 0 aliphatic carbocycles. The quantitative estimate of drug-likeness (QED) is 0.646. The van der Waals surface area contributed by atoms with Gasteiger partial charge in [-0.05, 0) is 43.5 Å². The van der Waals surface area contributed by atoms with Crippen LogP contribution in [0.15, 0.2) is 47.8 Å². The maximum atomic E-state index is 13.2. The van der Waals surface area contributed by atoms with Crippen molar-refractivity contribution in [2.45, 2.75) is 26.4 Å². The van der Waals surface area contributed by atoms with Crippen molar-refractivity contribution in [1.29, 1.82) is 0 Å². The smallest absolute Gasteiger partial charge is 0.270 e. The maximum absolute atomic E-state index is 13.2. The average Bonchev–Trinajstić information content (AvgIpc) is 3.33. The van der Waals surface area contributed by atoms with Crippen LogP contribution >= 0.6 is 11.3 Å². The Kier molecular flexibility index (Phi) is 5.58. The van der Waals surface area contributed by atoms with Gasteiger partial charge in [-0.3, -0.25) is 9.59 Å². The predicted octanol–water partition coefficient (Wildman–Crippen LogP) is 3.47. The van der Waals surface area contributed by atoms with E-state index in [0.29, 0.717) is 25.4 Å². The minimum atomic E-state index is -0.0503. The van der Waals surface area contributed by atoms with Crippen molar-refractivity contribution in [3.63, 3.8) is 0 Å². The Morgan fingerprint density at radius 3 is 2.69 bits per heavy atom. The van der Waals surface area contributed by atoms with Crippen molar-refractivity contribution in [2.75, 3.05) is 26.2 Å². The molecule has 1 aliphatic rings. The van der Waals surface area contributed by atoms with Gasteiger partial charge in [0.25, 0.3) is 11.8 Å². The Labute approximate surface area is 174 Å². The van der Waals surface area contributed by atoms with Gasteiger partial charge in [0.05, 0.1) is 0 Å². The van der Waals surface area contributed by atoms with Gasteiger partial charge in [0.15, 0.2) is 6.61 Å². The first kappa shape index (κ1) is 19.5. The van der Waals surface area contributed by atoms with Crippen molar-refractivity contribution in [2.24, 2.45) is 0 Å². The molecule has 152 valence electrons. The Balaban J connectivity index is 1.39. The number of ether oxygens (including phenoxy) is 1. The van der Waals surface area contributed by atoms with Crippen molar-refractivity contribution in [3.05, 3.63) is 53.5 Å². The second-order valence-electron chi connectivity index (χ2n) is 7.24. The number of para-hydroxylation sites is 1. The van der Waals surface area contributed by atoms with Crippen LogP contribution in [0.2, 0.25) is 0 Å². The normalized spacial score (nSPS) is 17.0. The van der Waals surface area contributed by atoms with Gasteiger partial charge in [-0.2, -0.15) is 0 Å². The van der Waals surface area contributed by atoms with Gasteiger partial charge in [-0.15, -0.1) is 11.3 Å². The highest BCUT2D eigenvalue weighted by Gasteiger charge is 2.31. The molecule has 4 rings (SSSR count). The highest BCUT2D eigenvalue weighted by molar-refractivity contribution is 7.16. The molecule has 0 saturated carbocycles. The third kappa shape index (κ3) is 3.87. The summed E-state index contributed by atoms with van der Waals surface area (Å²) in [6.45, 7) is 6.39. The fourth-order valence-corrected chi connectivity index (χ4v) is 4.85. The number of rotatable bonds is 5. The zero-order valence-corrected chi connectivity index (χ0v) is 17.5. The molecule has 3 aromatic rings. The Morgan fingerprint density at radius 2 is 1.97 bits per heavy atom. The molecule has 0 bridgehead atoms. The van der Waals surface area contributed by atoms with E-state index in [4.69, 9.17) is 4.74 Å². The molecule has 3 heterocycles. The minimum Gasteiger partial charge on any atom is -0.484 e. The fourth-order valence-electron chi connectivity index (χ4n) is 3.89. The lowest BCUT2D eigenvalue weighted by molar-refractivity contribution is -0.137. The molecule has 1 aromatic carbocycles. The molecule has 6 nitrogen and oxygen atoms in total. The van der Waals surface area contributed by atoms with E-state index in [1.165, 1.54) is 0 Å². The number of amides is 2. The van der Waals surface area contributed by atoms with E-state index in [1.807, 2.05) is 53.1 Å². The van der Waals surface area contributed by atoms with Crippen LogP contribution in [0.5, 0.6) is 5.75 Å². The molecule has 2 aromatic heterocycles. The van der Waals surface area contributed by atoms with Crippen LogP contribution in [0.25, 0.3) is 10.2 Å². The lowest BCUT2D eigenvalue weighted by Gasteiger charge is -2.39. The molecule has 0 unspecified atom stereocenters. The second-order valence-corrected chi connectivity index (χ2v) is 8.14. The highest BCUT2D eigenvalue weighted by Crippen LogP contribution is 2.26. The molecule has 1 atom stereocenters. The van der Waals surface area contributed by atoms with Gasteiger partial charge in [0, 0.05) is 37.6 Å². The molecule has 1 saturated heterocycles. The summed E-state index contributed by atoms with van der Waals surface area (Å²) in [6, 6.07) is 13.3. The number of aryl methyl sites for hydroxylation is 1. The molecule has 0 radical (unpaired) electrons. The molecular formula is C22H25N3O3S. The van der Waals surface area contributed by atoms with Crippen molar-refractivity contribution in [3.8, 4) is 5.75 Å². The number of thiophene rings is 1. The number of piperazine rings is 1. The Hall–Kier alpha value is -2.80. The van der Waals surface area contributed by atoms with Crippen LogP contribution < -0.4 is 4.74 Å². The highest BCUT2D eigenvalue weighted by atomic mass is 32.1. The van der Waals surface area contributed by atoms with Crippen molar-refractivity contribution < 1.29 is 14.3 Å². The van der Waals surface area contributed by atoms with Gasteiger partial charge in [0.1, 0.15) is 16.3 Å². The van der Waals surface area contributed by atoms with Crippen LogP contribution in [0.1, 0.15) is 24.3 Å². The lowest BCUT2D eigenvalue weighted by Crippen LogP contribution is -2.56. The van der Waals surface area contributed by atoms with E-state index >= 15 is 0 Å². The summed E-state index contributed by atoms with van der Waals surface area (Å²) < 4.78 is 7.68. The fraction of sp³-hybridized carbons (Fsp3) is 0.364. The monoisotopic (exact) mass is 411 g/mol. The number of hydrogen-bond donors (Lipinski definition) is 0. The standard InChI is InChI=1S/C22H25N3O3S/c1-3-24-19(13-17-9-12-29-22(17)24)21(27)23-10-11-25(16(2)14-23)20(26)15-28-18-7-5-4-6-8-18/h4-9,12-13,16H,3,10-11,14-15H2,1-2H3/t16-/m0/s1. The summed E-state index contributed by atoms with van der Waals surface area (Å²) in [6.07, 6.45) is 0. The molecule has 29 heavy (non-hydrogen) atoms. The number of carbonyl (C=O) groups is 2. The molecular weight excluding hydrogens is 386 g/mol. The van der Waals surface area contributed by atoms with Crippen molar-refractivity contribution in [1.82, 2.24) is 14.4 Å². The van der Waals surface area contributed by atoms with E-state index in [0.717, 1.165) is 22.5 Å². The third-order valence-corrected chi connectivity index (χ3v) is 6.33. The molecule has 0 spiro atoms. The first-order valence-corrected chi connectivity index (χ1v) is 10.8. The number of carbonyl (C=O) groups excluding carboxylic acids is 2. The van der Waals surface area contributed by atoms with Crippen molar-refractivity contribution >= 4 is 33.4 Å². The summed E-state index contributed by atoms with van der Waals surface area (Å²) in [5, 5.41) is 3.16. The summed E-state index contributed by atoms with van der Waals surface area (Å²) in [5.41, 5.74) is 0.730. The zero-order valence-electron chi connectivity index (χ0n) is 16.7. The van der Waals surface area contributed by atoms with Crippen LogP contribution in [0, 0.1) is 0 Å². The van der Waals surface area contributed by atoms with E-state index < -0.39 is 0 Å². The molecule has 7 heteroatoms. The van der Waals surface area contributed by atoms with Gasteiger partial charge in [-0.1, -0.05) is 18.2 Å². The SMILES string of the molecule is CCn1c(C(=O)N2CCN(C(=O)COc3ccccc3)[C@@H](C)C2)cc2ccsc21. The number of hydrogen-bond acceptors (Lipinski definition) is 4. The van der Waals surface area contributed by atoms with Gasteiger partial charge in [0.2, 0.25) is 0 Å². The van der Waals surface area contributed by atoms with Gasteiger partial charge in [-0.25, -0.2) is 0 Å². The predicted molar refractivity (Wildman–Crippen MR) is 115 cm³/mol. The average molecular weight is 412 g/mol. The second kappa shape index (κ2) is 8.29. The molecule has 2 amide bonds. The minimum absolute atomic E-state index is 0.0112. The molecule has 1 fully saturated rings. The lowest BCUT2D eigenvalue weighted by atomic mass is 10.1. The van der Waals surface area contributed by atoms with Gasteiger partial charge >= 0.3 is 0 Å². The van der Waals surface area contributed by atoms with E-state index in [-0.39, 0.29) is 24.5 Å². The summed E-state index contributed by atoms with van der Waals surface area (Å²) in [7, 11) is 0. The molecule has 1 aliphatic heterocycles. The van der Waals surface area contributed by atoms with Crippen LogP contribution in [-0.2, 0) is 11.3 Å². The number of fused-ring (bicyclic) bond motifs is 1. The largest absolute Gasteiger partial charge is 0.484 e. The first-order chi connectivity index (χ1) is 14.1. The zero-order chi connectivity index (χ0) is 20.4. The van der Waals surface area contributed by atoms with Gasteiger partial charge < -0.3 is 19.1 Å². The third-order valence-electron chi connectivity index (χ3n) is 5.38. The summed E-state index contributed by atoms with van der Waals surface area (Å²) in [4.78, 5) is 30.6. The number of benzene rings is 1. The summed E-state index contributed by atoms with van der Waals surface area (Å²) >= 11 is 1.66. The Morgan fingerprint density at radius 1 is 1.17 bits per heavy atom. The van der Waals surface area contributed by atoms with Crippen LogP contribution in [-0.4, -0.2) is 58.5 Å². The van der Waals surface area contributed by atoms with Crippen LogP contribution in [0.3, 0.4) is 0 Å². The first-order valence-electron chi connectivity index (χ1n) is 9.91. The van der Waals surface area contributed by atoms with E-state index in [9.17, 15) is 9.59 Å². The Bertz CT molecular complexity index is 1010. The number of nitrogens with zero attached hydrogens (tertiary/aromatic N) is 3. The maximum Gasteiger partial charge on any atom is 0.270 e. The van der Waals surface area contributed by atoms with Crippen LogP contribution in [0.4, 0.5) is 0 Å². The van der Waals surface area contributed by atoms with E-state index in [2.05, 4.69) is 22.9 Å². The molecule has 0 N–H and O–H groups in total. The number of aromatic nitrogens is 1. The van der Waals surface area contributed by atoms with E-state index in [1.54, 1.807) is 11.3 Å². The summed E-state index contributed by atoms with van der Waals surface area (Å²) in [5.74, 6) is 0.670.